The Morgan fingerprint density at radius 1 is 1.11 bits per heavy atom. The third kappa shape index (κ3) is 5.27. The SMILES string of the molecule is COc1ccc(OCC(=O)NC(C(=O)O)c2ccc(OC)c(Cl)c2)cc1C. The monoisotopic (exact) mass is 393 g/mol. The Balaban J connectivity index is 2.04. The number of hydrogen-bond donors (Lipinski definition) is 2. The molecule has 0 saturated heterocycles. The summed E-state index contributed by atoms with van der Waals surface area (Å²) in [5.74, 6) is -0.210. The molecule has 1 atom stereocenters. The van der Waals surface area contributed by atoms with E-state index >= 15 is 0 Å². The van der Waals surface area contributed by atoms with Gasteiger partial charge in [-0.1, -0.05) is 17.7 Å². The molecule has 1 amide bonds. The fourth-order valence-electron chi connectivity index (χ4n) is 2.44. The summed E-state index contributed by atoms with van der Waals surface area (Å²) < 4.78 is 15.6. The molecule has 0 bridgehead atoms. The molecule has 2 rings (SSSR count). The Morgan fingerprint density at radius 2 is 1.78 bits per heavy atom. The van der Waals surface area contributed by atoms with Gasteiger partial charge >= 0.3 is 5.97 Å². The normalized spacial score (nSPS) is 11.4. The molecule has 8 heteroatoms. The van der Waals surface area contributed by atoms with Crippen LogP contribution >= 0.6 is 11.6 Å². The van der Waals surface area contributed by atoms with Crippen LogP contribution in [-0.4, -0.2) is 37.8 Å². The molecule has 0 spiro atoms. The van der Waals surface area contributed by atoms with Gasteiger partial charge in [0.15, 0.2) is 12.6 Å². The average molecular weight is 394 g/mol. The van der Waals surface area contributed by atoms with Gasteiger partial charge in [0.2, 0.25) is 0 Å². The molecule has 2 aromatic rings. The number of methoxy groups -OCH3 is 2. The van der Waals surface area contributed by atoms with E-state index in [0.29, 0.717) is 22.8 Å². The summed E-state index contributed by atoms with van der Waals surface area (Å²) in [6.45, 7) is 1.51. The number of aryl methyl sites for hydroxylation is 1. The van der Waals surface area contributed by atoms with Gasteiger partial charge in [0.25, 0.3) is 5.91 Å². The number of hydrogen-bond acceptors (Lipinski definition) is 5. The summed E-state index contributed by atoms with van der Waals surface area (Å²) in [5.41, 5.74) is 1.17. The number of benzene rings is 2. The van der Waals surface area contributed by atoms with E-state index in [2.05, 4.69) is 5.32 Å². The number of carbonyl (C=O) groups excluding carboxylic acids is 1. The molecule has 1 unspecified atom stereocenters. The van der Waals surface area contributed by atoms with Crippen LogP contribution in [0.25, 0.3) is 0 Å². The molecule has 0 aliphatic heterocycles. The number of carbonyl (C=O) groups is 2. The summed E-state index contributed by atoms with van der Waals surface area (Å²) in [7, 11) is 3.02. The van der Waals surface area contributed by atoms with E-state index in [9.17, 15) is 14.7 Å². The lowest BCUT2D eigenvalue weighted by Gasteiger charge is -2.16. The molecule has 0 aliphatic carbocycles. The molecule has 7 nitrogen and oxygen atoms in total. The molecule has 2 aromatic carbocycles. The van der Waals surface area contributed by atoms with Crippen LogP contribution in [0.4, 0.5) is 0 Å². The van der Waals surface area contributed by atoms with Crippen molar-refractivity contribution in [1.29, 1.82) is 0 Å². The lowest BCUT2D eigenvalue weighted by atomic mass is 10.1. The summed E-state index contributed by atoms with van der Waals surface area (Å²) in [6, 6.07) is 8.35. The van der Waals surface area contributed by atoms with Crippen molar-refractivity contribution in [2.75, 3.05) is 20.8 Å². The molecule has 0 aromatic heterocycles. The lowest BCUT2D eigenvalue weighted by molar-refractivity contribution is -0.142. The van der Waals surface area contributed by atoms with Crippen LogP contribution in [0, 0.1) is 6.92 Å². The standard InChI is InChI=1S/C19H20ClNO6/c1-11-8-13(5-7-15(11)25-2)27-10-17(22)21-18(19(23)24)12-4-6-16(26-3)14(20)9-12/h4-9,18H,10H2,1-3H3,(H,21,22)(H,23,24). The number of halogens is 1. The molecule has 144 valence electrons. The smallest absolute Gasteiger partial charge is 0.330 e. The zero-order chi connectivity index (χ0) is 20.0. The minimum atomic E-state index is -1.26. The third-order valence-corrected chi connectivity index (χ3v) is 4.09. The van der Waals surface area contributed by atoms with Gasteiger partial charge in [-0.15, -0.1) is 0 Å². The summed E-state index contributed by atoms with van der Waals surface area (Å²) in [6.07, 6.45) is 0. The highest BCUT2D eigenvalue weighted by molar-refractivity contribution is 6.32. The first-order valence-corrected chi connectivity index (χ1v) is 8.36. The minimum absolute atomic E-state index is 0.250. The van der Waals surface area contributed by atoms with E-state index in [0.717, 1.165) is 5.56 Å². The quantitative estimate of drug-likeness (QED) is 0.716. The van der Waals surface area contributed by atoms with Crippen molar-refractivity contribution in [2.24, 2.45) is 0 Å². The van der Waals surface area contributed by atoms with Crippen molar-refractivity contribution in [3.05, 3.63) is 52.5 Å². The van der Waals surface area contributed by atoms with Crippen LogP contribution in [-0.2, 0) is 9.59 Å². The number of aliphatic carboxylic acids is 1. The minimum Gasteiger partial charge on any atom is -0.496 e. The Labute approximate surface area is 161 Å². The highest BCUT2D eigenvalue weighted by Crippen LogP contribution is 2.28. The Hall–Kier alpha value is -2.93. The fourth-order valence-corrected chi connectivity index (χ4v) is 2.71. The number of carboxylic acids is 1. The van der Waals surface area contributed by atoms with Crippen molar-refractivity contribution < 1.29 is 28.9 Å². The van der Waals surface area contributed by atoms with Gasteiger partial charge < -0.3 is 24.6 Å². The number of carboxylic acid groups (broad SMARTS) is 1. The average Bonchev–Trinajstić information content (AvgIpc) is 2.64. The molecule has 0 heterocycles. The van der Waals surface area contributed by atoms with Gasteiger partial charge in [0.1, 0.15) is 17.2 Å². The van der Waals surface area contributed by atoms with Gasteiger partial charge in [0.05, 0.1) is 19.2 Å². The summed E-state index contributed by atoms with van der Waals surface area (Å²) in [4.78, 5) is 23.7. The van der Waals surface area contributed by atoms with Crippen LogP contribution in [0.3, 0.4) is 0 Å². The fraction of sp³-hybridized carbons (Fsp3) is 0.263. The predicted molar refractivity (Wildman–Crippen MR) is 99.7 cm³/mol. The molecular formula is C19H20ClNO6. The number of nitrogens with one attached hydrogen (secondary N) is 1. The highest BCUT2D eigenvalue weighted by atomic mass is 35.5. The molecule has 0 saturated carbocycles. The first kappa shape index (κ1) is 20.4. The first-order valence-electron chi connectivity index (χ1n) is 7.98. The maximum absolute atomic E-state index is 12.1. The van der Waals surface area contributed by atoms with Crippen molar-refractivity contribution in [3.8, 4) is 17.2 Å². The Kier molecular flexibility index (Phi) is 6.90. The van der Waals surface area contributed by atoms with E-state index in [1.165, 1.54) is 25.3 Å². The number of rotatable bonds is 8. The van der Waals surface area contributed by atoms with Gasteiger partial charge in [0, 0.05) is 0 Å². The topological polar surface area (TPSA) is 94.1 Å². The van der Waals surface area contributed by atoms with E-state index in [4.69, 9.17) is 25.8 Å². The van der Waals surface area contributed by atoms with Crippen molar-refractivity contribution >= 4 is 23.5 Å². The molecular weight excluding hydrogens is 374 g/mol. The Bertz CT molecular complexity index is 839. The van der Waals surface area contributed by atoms with Crippen LogP contribution in [0.5, 0.6) is 17.2 Å². The molecule has 2 N–H and O–H groups in total. The molecule has 27 heavy (non-hydrogen) atoms. The van der Waals surface area contributed by atoms with Crippen molar-refractivity contribution in [1.82, 2.24) is 5.32 Å². The second kappa shape index (κ2) is 9.14. The maximum Gasteiger partial charge on any atom is 0.330 e. The van der Waals surface area contributed by atoms with Crippen LogP contribution < -0.4 is 19.5 Å². The second-order valence-electron chi connectivity index (χ2n) is 5.65. The van der Waals surface area contributed by atoms with E-state index in [1.807, 2.05) is 6.92 Å². The van der Waals surface area contributed by atoms with Gasteiger partial charge in [-0.05, 0) is 48.4 Å². The largest absolute Gasteiger partial charge is 0.496 e. The van der Waals surface area contributed by atoms with E-state index in [1.54, 1.807) is 25.3 Å². The van der Waals surface area contributed by atoms with Gasteiger partial charge in [-0.3, -0.25) is 4.79 Å². The van der Waals surface area contributed by atoms with E-state index in [-0.39, 0.29) is 11.6 Å². The zero-order valence-corrected chi connectivity index (χ0v) is 15.9. The van der Waals surface area contributed by atoms with E-state index < -0.39 is 17.9 Å². The predicted octanol–water partition coefficient (Wildman–Crippen LogP) is 2.99. The molecule has 0 fully saturated rings. The van der Waals surface area contributed by atoms with Gasteiger partial charge in [-0.2, -0.15) is 0 Å². The summed E-state index contributed by atoms with van der Waals surface area (Å²) in [5, 5.41) is 12.1. The van der Waals surface area contributed by atoms with Crippen molar-refractivity contribution in [3.63, 3.8) is 0 Å². The zero-order valence-electron chi connectivity index (χ0n) is 15.1. The number of amides is 1. The number of ether oxygens (including phenoxy) is 3. The lowest BCUT2D eigenvalue weighted by Crippen LogP contribution is -2.36. The summed E-state index contributed by atoms with van der Waals surface area (Å²) >= 11 is 6.03. The second-order valence-corrected chi connectivity index (χ2v) is 6.06. The first-order chi connectivity index (χ1) is 12.8. The van der Waals surface area contributed by atoms with Crippen molar-refractivity contribution in [2.45, 2.75) is 13.0 Å². The molecule has 0 radical (unpaired) electrons. The van der Waals surface area contributed by atoms with Crippen LogP contribution in [0.15, 0.2) is 36.4 Å². The van der Waals surface area contributed by atoms with Crippen LogP contribution in [0.1, 0.15) is 17.2 Å². The third-order valence-electron chi connectivity index (χ3n) is 3.80. The Morgan fingerprint density at radius 3 is 2.33 bits per heavy atom. The highest BCUT2D eigenvalue weighted by Gasteiger charge is 2.23. The van der Waals surface area contributed by atoms with Crippen LogP contribution in [0.2, 0.25) is 5.02 Å². The maximum atomic E-state index is 12.1. The van der Waals surface area contributed by atoms with Gasteiger partial charge in [-0.25, -0.2) is 4.79 Å². The molecule has 0 aliphatic rings.